The lowest BCUT2D eigenvalue weighted by Crippen LogP contribution is -2.40. The van der Waals surface area contributed by atoms with Crippen LogP contribution in [-0.2, 0) is 0 Å². The molecule has 6 heteroatoms. The number of nitrogens with zero attached hydrogens (tertiary/aromatic N) is 4. The molecule has 1 atom stereocenters. The van der Waals surface area contributed by atoms with E-state index >= 15 is 0 Å². The second kappa shape index (κ2) is 7.40. The van der Waals surface area contributed by atoms with E-state index in [1.807, 2.05) is 20.0 Å². The van der Waals surface area contributed by atoms with E-state index in [4.69, 9.17) is 0 Å². The van der Waals surface area contributed by atoms with Crippen molar-refractivity contribution >= 4 is 16.7 Å². The van der Waals surface area contributed by atoms with Crippen LogP contribution in [0.15, 0.2) is 24.5 Å². The number of likely N-dealkylation sites (tertiary alicyclic amines) is 1. The summed E-state index contributed by atoms with van der Waals surface area (Å²) in [5.41, 5.74) is 0.376. The van der Waals surface area contributed by atoms with E-state index in [2.05, 4.69) is 19.8 Å². The number of piperidine rings is 1. The molecule has 1 saturated heterocycles. The zero-order valence-electron chi connectivity index (χ0n) is 14.3. The Hall–Kier alpha value is -1.79. The number of rotatable bonds is 5. The van der Waals surface area contributed by atoms with Crippen LogP contribution in [0.25, 0.3) is 10.9 Å². The van der Waals surface area contributed by atoms with Gasteiger partial charge in [-0.2, -0.15) is 0 Å². The Balaban J connectivity index is 1.66. The lowest BCUT2D eigenvalue weighted by molar-refractivity contribution is 0.101. The maximum atomic E-state index is 13.9. The Morgan fingerprint density at radius 1 is 1.33 bits per heavy atom. The van der Waals surface area contributed by atoms with E-state index in [1.165, 1.54) is 12.4 Å². The summed E-state index contributed by atoms with van der Waals surface area (Å²) in [4.78, 5) is 12.9. The quantitative estimate of drug-likeness (QED) is 0.910. The molecule has 0 amide bonds. The molecule has 2 aromatic rings. The Kier molecular flexibility index (Phi) is 5.26. The van der Waals surface area contributed by atoms with Crippen molar-refractivity contribution in [1.82, 2.24) is 14.9 Å². The lowest BCUT2D eigenvalue weighted by Gasteiger charge is -2.34. The topological polar surface area (TPSA) is 52.5 Å². The van der Waals surface area contributed by atoms with Crippen molar-refractivity contribution in [3.05, 3.63) is 30.3 Å². The van der Waals surface area contributed by atoms with E-state index in [0.29, 0.717) is 11.4 Å². The Labute approximate surface area is 142 Å². The minimum Gasteiger partial charge on any atom is -0.392 e. The van der Waals surface area contributed by atoms with Crippen LogP contribution >= 0.6 is 0 Å². The van der Waals surface area contributed by atoms with Gasteiger partial charge in [0.25, 0.3) is 0 Å². The van der Waals surface area contributed by atoms with Gasteiger partial charge >= 0.3 is 0 Å². The molecule has 1 unspecified atom stereocenters. The first-order valence-corrected chi connectivity index (χ1v) is 8.55. The average Bonchev–Trinajstić information content (AvgIpc) is 2.56. The molecule has 24 heavy (non-hydrogen) atoms. The van der Waals surface area contributed by atoms with Gasteiger partial charge in [0.15, 0.2) is 0 Å². The number of fused-ring (bicyclic) bond motifs is 1. The fourth-order valence-corrected chi connectivity index (χ4v) is 3.54. The number of β-amino-alcohol motifs (C(OH)–C–C–N with tert-alkyl or cyclic N) is 1. The third-order valence-electron chi connectivity index (χ3n) is 4.72. The zero-order valence-corrected chi connectivity index (χ0v) is 14.3. The van der Waals surface area contributed by atoms with Gasteiger partial charge in [0, 0.05) is 25.5 Å². The average molecular weight is 332 g/mol. The van der Waals surface area contributed by atoms with Crippen molar-refractivity contribution in [2.75, 3.05) is 38.1 Å². The molecule has 0 spiro atoms. The highest BCUT2D eigenvalue weighted by molar-refractivity contribution is 5.89. The molecule has 0 radical (unpaired) electrons. The maximum Gasteiger partial charge on any atom is 0.149 e. The van der Waals surface area contributed by atoms with Crippen LogP contribution in [0.4, 0.5) is 10.2 Å². The van der Waals surface area contributed by atoms with Gasteiger partial charge in [-0.05, 0) is 50.9 Å². The summed E-state index contributed by atoms with van der Waals surface area (Å²) in [5, 5.41) is 10.2. The van der Waals surface area contributed by atoms with Gasteiger partial charge in [0.05, 0.1) is 6.10 Å². The summed E-state index contributed by atoms with van der Waals surface area (Å²) in [7, 11) is 2.01. The SMILES string of the molecule is CC(O)CN1CCC(CN(C)c2ncnc3c(F)cccc23)CC1. The summed E-state index contributed by atoms with van der Waals surface area (Å²) < 4.78 is 13.9. The van der Waals surface area contributed by atoms with Gasteiger partial charge in [-0.1, -0.05) is 6.07 Å². The van der Waals surface area contributed by atoms with Crippen molar-refractivity contribution in [2.45, 2.75) is 25.9 Å². The number of hydrogen-bond donors (Lipinski definition) is 1. The van der Waals surface area contributed by atoms with Crippen molar-refractivity contribution in [3.63, 3.8) is 0 Å². The summed E-state index contributed by atoms with van der Waals surface area (Å²) >= 11 is 0. The molecule has 1 N–H and O–H groups in total. The fraction of sp³-hybridized carbons (Fsp3) is 0.556. The van der Waals surface area contributed by atoms with E-state index < -0.39 is 0 Å². The van der Waals surface area contributed by atoms with Crippen LogP contribution in [-0.4, -0.2) is 59.3 Å². The third kappa shape index (κ3) is 3.82. The second-order valence-electron chi connectivity index (χ2n) is 6.81. The van der Waals surface area contributed by atoms with Crippen LogP contribution in [0, 0.1) is 11.7 Å². The number of para-hydroxylation sites is 1. The predicted octanol–water partition coefficient (Wildman–Crippen LogP) is 2.30. The molecular formula is C18H25FN4O. The number of aliphatic hydroxyl groups excluding tert-OH is 1. The molecule has 1 aliphatic heterocycles. The molecule has 1 aromatic heterocycles. The van der Waals surface area contributed by atoms with Gasteiger partial charge in [-0.25, -0.2) is 14.4 Å². The van der Waals surface area contributed by atoms with Crippen LogP contribution in [0.1, 0.15) is 19.8 Å². The van der Waals surface area contributed by atoms with Gasteiger partial charge in [-0.15, -0.1) is 0 Å². The monoisotopic (exact) mass is 332 g/mol. The summed E-state index contributed by atoms with van der Waals surface area (Å²) in [6.07, 6.45) is 3.37. The van der Waals surface area contributed by atoms with Crippen molar-refractivity contribution < 1.29 is 9.50 Å². The normalized spacial score (nSPS) is 18.0. The highest BCUT2D eigenvalue weighted by Crippen LogP contribution is 2.26. The van der Waals surface area contributed by atoms with Crippen molar-refractivity contribution in [1.29, 1.82) is 0 Å². The first-order valence-electron chi connectivity index (χ1n) is 8.55. The molecule has 2 heterocycles. The highest BCUT2D eigenvalue weighted by atomic mass is 19.1. The molecule has 5 nitrogen and oxygen atoms in total. The number of halogens is 1. The molecule has 0 bridgehead atoms. The minimum atomic E-state index is -0.309. The van der Waals surface area contributed by atoms with Gasteiger partial charge < -0.3 is 14.9 Å². The maximum absolute atomic E-state index is 13.9. The largest absolute Gasteiger partial charge is 0.392 e. The lowest BCUT2D eigenvalue weighted by atomic mass is 9.96. The molecule has 3 rings (SSSR count). The number of hydrogen-bond acceptors (Lipinski definition) is 5. The number of anilines is 1. The van der Waals surface area contributed by atoms with Crippen LogP contribution in [0.5, 0.6) is 0 Å². The number of benzene rings is 1. The molecule has 0 aliphatic carbocycles. The fourth-order valence-electron chi connectivity index (χ4n) is 3.54. The van der Waals surface area contributed by atoms with E-state index in [0.717, 1.165) is 50.2 Å². The minimum absolute atomic E-state index is 0.272. The second-order valence-corrected chi connectivity index (χ2v) is 6.81. The number of aromatic nitrogens is 2. The standard InChI is InChI=1S/C18H25FN4O/c1-13(24)10-23-8-6-14(7-9-23)11-22(2)18-15-4-3-5-16(19)17(15)20-12-21-18/h3-5,12-14,24H,6-11H2,1-2H3. The molecule has 130 valence electrons. The van der Waals surface area contributed by atoms with E-state index in [1.54, 1.807) is 6.07 Å². The van der Waals surface area contributed by atoms with Crippen molar-refractivity contribution in [3.8, 4) is 0 Å². The predicted molar refractivity (Wildman–Crippen MR) is 93.6 cm³/mol. The summed E-state index contributed by atoms with van der Waals surface area (Å²) in [5.74, 6) is 1.06. The zero-order chi connectivity index (χ0) is 17.1. The molecule has 0 saturated carbocycles. The van der Waals surface area contributed by atoms with Crippen LogP contribution < -0.4 is 4.90 Å². The van der Waals surface area contributed by atoms with Gasteiger partial charge in [-0.3, -0.25) is 0 Å². The summed E-state index contributed by atoms with van der Waals surface area (Å²) in [6, 6.07) is 5.00. The first-order chi connectivity index (χ1) is 11.5. The van der Waals surface area contributed by atoms with Gasteiger partial charge in [0.2, 0.25) is 0 Å². The third-order valence-corrected chi connectivity index (χ3v) is 4.72. The van der Waals surface area contributed by atoms with Gasteiger partial charge in [0.1, 0.15) is 23.5 Å². The highest BCUT2D eigenvalue weighted by Gasteiger charge is 2.22. The smallest absolute Gasteiger partial charge is 0.149 e. The molecule has 1 aromatic carbocycles. The molecular weight excluding hydrogens is 307 g/mol. The first kappa shape index (κ1) is 17.0. The van der Waals surface area contributed by atoms with Crippen molar-refractivity contribution in [2.24, 2.45) is 5.92 Å². The van der Waals surface area contributed by atoms with E-state index in [-0.39, 0.29) is 11.9 Å². The molecule has 1 fully saturated rings. The Bertz CT molecular complexity index is 686. The summed E-state index contributed by atoms with van der Waals surface area (Å²) in [6.45, 7) is 5.51. The van der Waals surface area contributed by atoms with E-state index in [9.17, 15) is 9.50 Å². The number of aliphatic hydroxyl groups is 1. The van der Waals surface area contributed by atoms with Crippen LogP contribution in [0.2, 0.25) is 0 Å². The Morgan fingerprint density at radius 3 is 2.79 bits per heavy atom. The molecule has 1 aliphatic rings. The Morgan fingerprint density at radius 2 is 2.08 bits per heavy atom. The van der Waals surface area contributed by atoms with Crippen LogP contribution in [0.3, 0.4) is 0 Å².